The van der Waals surface area contributed by atoms with E-state index < -0.39 is 0 Å². The van der Waals surface area contributed by atoms with E-state index >= 15 is 0 Å². The Morgan fingerprint density at radius 2 is 2.13 bits per heavy atom. The number of rotatable bonds is 3. The summed E-state index contributed by atoms with van der Waals surface area (Å²) >= 11 is 2.12. The average molecular weight is 226 g/mol. The molecular weight excluding hydrogens is 204 g/mol. The van der Waals surface area contributed by atoms with Gasteiger partial charge < -0.3 is 5.32 Å². The lowest BCUT2D eigenvalue weighted by atomic mass is 10.1. The van der Waals surface area contributed by atoms with Gasteiger partial charge in [0.05, 0.1) is 0 Å². The maximum absolute atomic E-state index is 4.29. The Balaban J connectivity index is 1.74. The van der Waals surface area contributed by atoms with Crippen LogP contribution in [0.3, 0.4) is 0 Å². The van der Waals surface area contributed by atoms with Gasteiger partial charge in [0.1, 0.15) is 0 Å². The predicted octanol–water partition coefficient (Wildman–Crippen LogP) is 1.73. The number of nitrogens with one attached hydrogen (secondary N) is 1. The van der Waals surface area contributed by atoms with Gasteiger partial charge in [0.15, 0.2) is 0 Å². The van der Waals surface area contributed by atoms with Gasteiger partial charge in [-0.2, -0.15) is 11.8 Å². The fraction of sp³-hybridized carbons (Fsp3) is 0.833. The van der Waals surface area contributed by atoms with Crippen molar-refractivity contribution in [1.29, 1.82) is 0 Å². The van der Waals surface area contributed by atoms with Crippen molar-refractivity contribution in [2.24, 2.45) is 0 Å². The van der Waals surface area contributed by atoms with Crippen LogP contribution in [-0.4, -0.2) is 48.6 Å². The van der Waals surface area contributed by atoms with Gasteiger partial charge in [0.2, 0.25) is 0 Å². The van der Waals surface area contributed by atoms with Gasteiger partial charge in [-0.1, -0.05) is 18.6 Å². The molecule has 0 radical (unpaired) electrons. The highest BCUT2D eigenvalue weighted by Crippen LogP contribution is 2.30. The highest BCUT2D eigenvalue weighted by atomic mass is 32.2. The van der Waals surface area contributed by atoms with Crippen molar-refractivity contribution in [3.8, 4) is 0 Å². The summed E-state index contributed by atoms with van der Waals surface area (Å²) in [6.45, 7) is 10.1. The normalized spacial score (nSPS) is 28.9. The summed E-state index contributed by atoms with van der Waals surface area (Å²) in [5.41, 5.74) is 1.46. The first-order valence-electron chi connectivity index (χ1n) is 6.08. The highest BCUT2D eigenvalue weighted by molar-refractivity contribution is 8.00. The maximum Gasteiger partial charge on any atom is 0.0266 e. The number of hydrogen-bond donors (Lipinski definition) is 1. The molecule has 2 aliphatic heterocycles. The average Bonchev–Trinajstić information content (AvgIpc) is 2.31. The standard InChI is InChI=1S/C12H22N2S/c1-11(12-4-2-3-9-15-12)10-14-7-5-13-6-8-14/h12-13H,1-10H2. The summed E-state index contributed by atoms with van der Waals surface area (Å²) in [5, 5.41) is 4.14. The second-order valence-corrected chi connectivity index (χ2v) is 5.85. The van der Waals surface area contributed by atoms with Crippen LogP contribution < -0.4 is 5.32 Å². The largest absolute Gasteiger partial charge is 0.314 e. The minimum Gasteiger partial charge on any atom is -0.314 e. The molecule has 0 aromatic heterocycles. The molecule has 2 fully saturated rings. The van der Waals surface area contributed by atoms with E-state index in [4.69, 9.17) is 0 Å². The van der Waals surface area contributed by atoms with E-state index in [-0.39, 0.29) is 0 Å². The Bertz CT molecular complexity index is 206. The number of hydrogen-bond acceptors (Lipinski definition) is 3. The molecular formula is C12H22N2S. The molecule has 0 bridgehead atoms. The van der Waals surface area contributed by atoms with Crippen molar-refractivity contribution >= 4 is 11.8 Å². The molecule has 15 heavy (non-hydrogen) atoms. The molecule has 0 aromatic rings. The van der Waals surface area contributed by atoms with Gasteiger partial charge in [-0.25, -0.2) is 0 Å². The molecule has 2 nitrogen and oxygen atoms in total. The van der Waals surface area contributed by atoms with Crippen LogP contribution in [0.25, 0.3) is 0 Å². The molecule has 86 valence electrons. The van der Waals surface area contributed by atoms with Gasteiger partial charge in [-0.3, -0.25) is 4.90 Å². The summed E-state index contributed by atoms with van der Waals surface area (Å²) in [5.74, 6) is 1.34. The molecule has 2 rings (SSSR count). The molecule has 0 aliphatic carbocycles. The second-order valence-electron chi connectivity index (χ2n) is 4.54. The zero-order valence-corrected chi connectivity index (χ0v) is 10.3. The van der Waals surface area contributed by atoms with Gasteiger partial charge >= 0.3 is 0 Å². The van der Waals surface area contributed by atoms with Crippen LogP contribution in [0.1, 0.15) is 19.3 Å². The van der Waals surface area contributed by atoms with Gasteiger partial charge in [-0.15, -0.1) is 0 Å². The monoisotopic (exact) mass is 226 g/mol. The van der Waals surface area contributed by atoms with Crippen molar-refractivity contribution in [3.05, 3.63) is 12.2 Å². The van der Waals surface area contributed by atoms with E-state index in [0.717, 1.165) is 24.9 Å². The molecule has 0 amide bonds. The summed E-state index contributed by atoms with van der Waals surface area (Å²) in [7, 11) is 0. The molecule has 2 saturated heterocycles. The number of piperazine rings is 1. The van der Waals surface area contributed by atoms with Crippen LogP contribution in [0.15, 0.2) is 12.2 Å². The third kappa shape index (κ3) is 3.51. The van der Waals surface area contributed by atoms with Gasteiger partial charge in [0.25, 0.3) is 0 Å². The summed E-state index contributed by atoms with van der Waals surface area (Å²) in [6.07, 6.45) is 4.16. The maximum atomic E-state index is 4.29. The number of thioether (sulfide) groups is 1. The topological polar surface area (TPSA) is 15.3 Å². The van der Waals surface area contributed by atoms with Crippen LogP contribution in [-0.2, 0) is 0 Å². The first-order valence-corrected chi connectivity index (χ1v) is 7.13. The van der Waals surface area contributed by atoms with Crippen molar-refractivity contribution in [2.45, 2.75) is 24.5 Å². The van der Waals surface area contributed by atoms with Crippen LogP contribution in [0, 0.1) is 0 Å². The fourth-order valence-electron chi connectivity index (χ4n) is 2.32. The minimum atomic E-state index is 0.744. The molecule has 2 aliphatic rings. The van der Waals surface area contributed by atoms with E-state index in [0.29, 0.717) is 0 Å². The summed E-state index contributed by atoms with van der Waals surface area (Å²) in [6, 6.07) is 0. The molecule has 0 aromatic carbocycles. The predicted molar refractivity (Wildman–Crippen MR) is 68.5 cm³/mol. The Morgan fingerprint density at radius 1 is 1.33 bits per heavy atom. The van der Waals surface area contributed by atoms with E-state index in [1.54, 1.807) is 0 Å². The van der Waals surface area contributed by atoms with E-state index in [1.165, 1.54) is 43.7 Å². The fourth-order valence-corrected chi connectivity index (χ4v) is 3.62. The lowest BCUT2D eigenvalue weighted by Crippen LogP contribution is -2.44. The zero-order valence-electron chi connectivity index (χ0n) is 9.50. The lowest BCUT2D eigenvalue weighted by molar-refractivity contribution is 0.258. The van der Waals surface area contributed by atoms with E-state index in [9.17, 15) is 0 Å². The van der Waals surface area contributed by atoms with Crippen LogP contribution >= 0.6 is 11.8 Å². The quantitative estimate of drug-likeness (QED) is 0.738. The molecule has 1 unspecified atom stereocenters. The summed E-state index contributed by atoms with van der Waals surface area (Å²) < 4.78 is 0. The molecule has 1 N–H and O–H groups in total. The number of nitrogens with zero attached hydrogens (tertiary/aromatic N) is 1. The van der Waals surface area contributed by atoms with Crippen LogP contribution in [0.5, 0.6) is 0 Å². The Kier molecular flexibility index (Phi) is 4.54. The third-order valence-corrected chi connectivity index (χ3v) is 4.77. The first kappa shape index (κ1) is 11.5. The highest BCUT2D eigenvalue weighted by Gasteiger charge is 2.19. The minimum absolute atomic E-state index is 0.744. The Morgan fingerprint density at radius 3 is 2.80 bits per heavy atom. The smallest absolute Gasteiger partial charge is 0.0266 e. The van der Waals surface area contributed by atoms with Gasteiger partial charge in [-0.05, 0) is 18.6 Å². The van der Waals surface area contributed by atoms with Crippen molar-refractivity contribution in [2.75, 3.05) is 38.5 Å². The molecule has 1 atom stereocenters. The van der Waals surface area contributed by atoms with E-state index in [1.807, 2.05) is 0 Å². The first-order chi connectivity index (χ1) is 7.36. The van der Waals surface area contributed by atoms with E-state index in [2.05, 4.69) is 28.6 Å². The molecule has 0 spiro atoms. The van der Waals surface area contributed by atoms with Crippen LogP contribution in [0.4, 0.5) is 0 Å². The SMILES string of the molecule is C=C(CN1CCNCC1)C1CCCCS1. The lowest BCUT2D eigenvalue weighted by Gasteiger charge is -2.31. The molecule has 0 saturated carbocycles. The van der Waals surface area contributed by atoms with Gasteiger partial charge in [0, 0.05) is 38.0 Å². The molecule has 3 heteroatoms. The van der Waals surface area contributed by atoms with Crippen molar-refractivity contribution in [1.82, 2.24) is 10.2 Å². The Labute approximate surface area is 97.5 Å². The van der Waals surface area contributed by atoms with Crippen LogP contribution in [0.2, 0.25) is 0 Å². The third-order valence-electron chi connectivity index (χ3n) is 3.27. The van der Waals surface area contributed by atoms with Crippen molar-refractivity contribution < 1.29 is 0 Å². The molecule has 2 heterocycles. The Hall–Kier alpha value is 0.0100. The zero-order chi connectivity index (χ0) is 10.5. The summed E-state index contributed by atoms with van der Waals surface area (Å²) in [4.78, 5) is 2.54. The second kappa shape index (κ2) is 5.92. The van der Waals surface area contributed by atoms with Crippen molar-refractivity contribution in [3.63, 3.8) is 0 Å².